The highest BCUT2D eigenvalue weighted by Gasteiger charge is 2.59. The minimum absolute atomic E-state index is 0.0466. The zero-order valence-electron chi connectivity index (χ0n) is 13.6. The third-order valence-electron chi connectivity index (χ3n) is 6.69. The van der Waals surface area contributed by atoms with Gasteiger partial charge in [-0.2, -0.15) is 0 Å². The van der Waals surface area contributed by atoms with Gasteiger partial charge in [-0.25, -0.2) is 0 Å². The van der Waals surface area contributed by atoms with E-state index in [2.05, 4.69) is 6.92 Å². The van der Waals surface area contributed by atoms with Crippen molar-refractivity contribution in [3.8, 4) is 0 Å². The molecule has 0 N–H and O–H groups in total. The van der Waals surface area contributed by atoms with Gasteiger partial charge in [0.2, 0.25) is 0 Å². The van der Waals surface area contributed by atoms with Gasteiger partial charge in [-0.15, -0.1) is 0 Å². The van der Waals surface area contributed by atoms with Crippen molar-refractivity contribution in [2.75, 3.05) is 0 Å². The van der Waals surface area contributed by atoms with Crippen molar-refractivity contribution in [3.05, 3.63) is 23.8 Å². The van der Waals surface area contributed by atoms with E-state index < -0.39 is 5.60 Å². The van der Waals surface area contributed by atoms with Crippen LogP contribution >= 0.6 is 0 Å². The van der Waals surface area contributed by atoms with Gasteiger partial charge in [0.15, 0.2) is 11.6 Å². The Labute approximate surface area is 136 Å². The molecule has 0 aromatic heterocycles. The number of carbonyl (C=O) groups excluding carboxylic acids is 3. The molecule has 0 aromatic rings. The molecule has 4 rings (SSSR count). The molecule has 1 aliphatic heterocycles. The number of ketones is 2. The Bertz CT molecular complexity index is 673. The largest absolute Gasteiger partial charge is 0.458 e. The molecular formula is C19H22O4. The Morgan fingerprint density at radius 3 is 2.74 bits per heavy atom. The monoisotopic (exact) mass is 314 g/mol. The van der Waals surface area contributed by atoms with E-state index in [1.807, 2.05) is 13.0 Å². The predicted molar refractivity (Wildman–Crippen MR) is 83.4 cm³/mol. The van der Waals surface area contributed by atoms with Crippen LogP contribution in [0.2, 0.25) is 0 Å². The summed E-state index contributed by atoms with van der Waals surface area (Å²) in [5.74, 6) is 0.117. The zero-order chi connectivity index (χ0) is 16.4. The van der Waals surface area contributed by atoms with Crippen molar-refractivity contribution in [3.63, 3.8) is 0 Å². The number of Topliss-reactive ketones (excluding diaryl/α,β-unsaturated/α-hetero) is 1. The van der Waals surface area contributed by atoms with Crippen LogP contribution in [0.4, 0.5) is 0 Å². The first kappa shape index (κ1) is 14.9. The van der Waals surface area contributed by atoms with E-state index in [1.165, 1.54) is 5.57 Å². The highest BCUT2D eigenvalue weighted by molar-refractivity contribution is 6.01. The average molecular weight is 314 g/mol. The summed E-state index contributed by atoms with van der Waals surface area (Å²) >= 11 is 0. The van der Waals surface area contributed by atoms with Crippen LogP contribution in [-0.4, -0.2) is 23.1 Å². The fourth-order valence-corrected chi connectivity index (χ4v) is 5.61. The number of allylic oxidation sites excluding steroid dienone is 4. The number of carbonyl (C=O) groups is 3. The summed E-state index contributed by atoms with van der Waals surface area (Å²) in [5.41, 5.74) is 0.425. The van der Waals surface area contributed by atoms with E-state index in [0.29, 0.717) is 5.92 Å². The Morgan fingerprint density at radius 1 is 1.17 bits per heavy atom. The molecule has 0 aromatic carbocycles. The molecule has 2 saturated carbocycles. The normalized spacial score (nSPS) is 45.6. The Morgan fingerprint density at radius 2 is 1.96 bits per heavy atom. The van der Waals surface area contributed by atoms with Gasteiger partial charge in [0.1, 0.15) is 12.0 Å². The number of rotatable bonds is 0. The molecule has 0 bridgehead atoms. The summed E-state index contributed by atoms with van der Waals surface area (Å²) in [5, 5.41) is 0. The topological polar surface area (TPSA) is 60.4 Å². The molecule has 1 saturated heterocycles. The number of ether oxygens (including phenoxy) is 1. The summed E-state index contributed by atoms with van der Waals surface area (Å²) in [4.78, 5) is 36.1. The van der Waals surface area contributed by atoms with E-state index in [1.54, 1.807) is 12.2 Å². The van der Waals surface area contributed by atoms with Crippen molar-refractivity contribution in [2.24, 2.45) is 23.2 Å². The van der Waals surface area contributed by atoms with Crippen LogP contribution in [0.5, 0.6) is 0 Å². The Kier molecular flexibility index (Phi) is 3.00. The molecule has 4 nitrogen and oxygen atoms in total. The molecule has 1 heterocycles. The number of hydrogen-bond donors (Lipinski definition) is 0. The lowest BCUT2D eigenvalue weighted by Gasteiger charge is -2.57. The number of esters is 1. The van der Waals surface area contributed by atoms with Crippen LogP contribution in [-0.2, 0) is 19.1 Å². The molecule has 0 spiro atoms. The Balaban J connectivity index is 1.73. The van der Waals surface area contributed by atoms with E-state index in [9.17, 15) is 14.4 Å². The van der Waals surface area contributed by atoms with E-state index in [-0.39, 0.29) is 41.2 Å². The van der Waals surface area contributed by atoms with Crippen LogP contribution in [0.1, 0.15) is 46.0 Å². The van der Waals surface area contributed by atoms with Gasteiger partial charge in [0, 0.05) is 5.41 Å². The molecule has 3 aliphatic carbocycles. The smallest absolute Gasteiger partial charge is 0.313 e. The molecular weight excluding hydrogens is 292 g/mol. The quantitative estimate of drug-likeness (QED) is 0.509. The van der Waals surface area contributed by atoms with Crippen LogP contribution in [0, 0.1) is 23.2 Å². The summed E-state index contributed by atoms with van der Waals surface area (Å²) in [7, 11) is 0. The summed E-state index contributed by atoms with van der Waals surface area (Å²) < 4.78 is 5.64. The first-order valence-corrected chi connectivity index (χ1v) is 8.52. The van der Waals surface area contributed by atoms with Crippen molar-refractivity contribution in [1.29, 1.82) is 0 Å². The van der Waals surface area contributed by atoms with E-state index >= 15 is 0 Å². The molecule has 5 atom stereocenters. The molecule has 122 valence electrons. The summed E-state index contributed by atoms with van der Waals surface area (Å²) in [6.45, 7) is 4.12. The number of hydrogen-bond acceptors (Lipinski definition) is 4. The number of fused-ring (bicyclic) bond motifs is 5. The standard InChI is InChI=1S/C19H22O4/c1-18-7-5-12(20)9-11(18)3-4-13-14(18)6-8-19(2)17(13)15(21)10-16(22)23-19/h5,7,9,13-14,17H,3-4,6,8,10H2,1-2H3/t13-,14+,17-,18+,19+/m1/s1. The van der Waals surface area contributed by atoms with Crippen LogP contribution in [0.3, 0.4) is 0 Å². The molecule has 0 unspecified atom stereocenters. The van der Waals surface area contributed by atoms with Gasteiger partial charge in [0.05, 0.1) is 5.92 Å². The molecule has 23 heavy (non-hydrogen) atoms. The van der Waals surface area contributed by atoms with E-state index in [0.717, 1.165) is 25.7 Å². The van der Waals surface area contributed by atoms with Crippen LogP contribution < -0.4 is 0 Å². The zero-order valence-corrected chi connectivity index (χ0v) is 13.6. The molecule has 3 fully saturated rings. The third kappa shape index (κ3) is 2.00. The Hall–Kier alpha value is -1.71. The SMILES string of the molecule is C[C@]12C=CC(=O)C=C1CC[C@@H]1[C@@H]2CC[C@]2(C)OC(=O)CC(=O)[C@@H]12. The van der Waals surface area contributed by atoms with Crippen molar-refractivity contribution in [1.82, 2.24) is 0 Å². The van der Waals surface area contributed by atoms with Gasteiger partial charge < -0.3 is 4.74 Å². The maximum atomic E-state index is 12.6. The maximum Gasteiger partial charge on any atom is 0.313 e. The average Bonchev–Trinajstić information content (AvgIpc) is 2.46. The fraction of sp³-hybridized carbons (Fsp3) is 0.632. The van der Waals surface area contributed by atoms with Crippen molar-refractivity contribution >= 4 is 17.5 Å². The van der Waals surface area contributed by atoms with Crippen molar-refractivity contribution < 1.29 is 19.1 Å². The minimum Gasteiger partial charge on any atom is -0.458 e. The van der Waals surface area contributed by atoms with Gasteiger partial charge >= 0.3 is 5.97 Å². The highest BCUT2D eigenvalue weighted by Crippen LogP contribution is 2.60. The molecule has 0 radical (unpaired) electrons. The third-order valence-corrected chi connectivity index (χ3v) is 6.69. The lowest BCUT2D eigenvalue weighted by Crippen LogP contribution is -2.59. The first-order chi connectivity index (χ1) is 10.8. The highest BCUT2D eigenvalue weighted by atomic mass is 16.6. The van der Waals surface area contributed by atoms with Crippen LogP contribution in [0.25, 0.3) is 0 Å². The van der Waals surface area contributed by atoms with Gasteiger partial charge in [0.25, 0.3) is 0 Å². The van der Waals surface area contributed by atoms with Gasteiger partial charge in [-0.1, -0.05) is 18.6 Å². The summed E-state index contributed by atoms with van der Waals surface area (Å²) in [6.07, 6.45) is 8.81. The maximum absolute atomic E-state index is 12.6. The van der Waals surface area contributed by atoms with Crippen molar-refractivity contribution in [2.45, 2.75) is 51.6 Å². The van der Waals surface area contributed by atoms with Gasteiger partial charge in [-0.05, 0) is 56.6 Å². The fourth-order valence-electron chi connectivity index (χ4n) is 5.61. The first-order valence-electron chi connectivity index (χ1n) is 8.52. The van der Waals surface area contributed by atoms with Gasteiger partial charge in [-0.3, -0.25) is 14.4 Å². The molecule has 4 heteroatoms. The molecule has 4 aliphatic rings. The second-order valence-electron chi connectivity index (χ2n) is 7.94. The lowest BCUT2D eigenvalue weighted by molar-refractivity contribution is -0.193. The second-order valence-corrected chi connectivity index (χ2v) is 7.94. The minimum atomic E-state index is -0.640. The second kappa shape index (κ2) is 4.65. The predicted octanol–water partition coefficient (Wildman–Crippen LogP) is 2.77. The van der Waals surface area contributed by atoms with Crippen LogP contribution in [0.15, 0.2) is 23.8 Å². The lowest BCUT2D eigenvalue weighted by atomic mass is 9.49. The van der Waals surface area contributed by atoms with E-state index in [4.69, 9.17) is 4.74 Å². The molecule has 0 amide bonds. The summed E-state index contributed by atoms with van der Waals surface area (Å²) in [6, 6.07) is 0.